The minimum atomic E-state index is -0.935. The summed E-state index contributed by atoms with van der Waals surface area (Å²) in [6, 6.07) is 1.91. The molecule has 0 bridgehead atoms. The highest BCUT2D eigenvalue weighted by Gasteiger charge is 2.18. The number of anilines is 1. The molecule has 0 heterocycles. The second-order valence-electron chi connectivity index (χ2n) is 6.28. The van der Waals surface area contributed by atoms with Crippen LogP contribution in [-0.2, 0) is 0 Å². The molecule has 118 valence electrons. The summed E-state index contributed by atoms with van der Waals surface area (Å²) in [6.07, 6.45) is 1.72. The van der Waals surface area contributed by atoms with Gasteiger partial charge in [0, 0.05) is 12.1 Å². The Morgan fingerprint density at radius 3 is 2.05 bits per heavy atom. The summed E-state index contributed by atoms with van der Waals surface area (Å²) in [5.41, 5.74) is 4.92. The van der Waals surface area contributed by atoms with Crippen molar-refractivity contribution < 1.29 is 13.6 Å². The standard InChI is InChI=1S/C16H24F2N2O/c1-9(2)5-11(6-10(3)4)20-15-7-12(16(19)21)13(17)8-14(15)18/h7-11,20H,5-6H2,1-4H3,(H2,19,21). The van der Waals surface area contributed by atoms with E-state index < -0.39 is 17.5 Å². The molecule has 21 heavy (non-hydrogen) atoms. The molecular weight excluding hydrogens is 274 g/mol. The number of nitrogens with one attached hydrogen (secondary N) is 1. The molecule has 0 saturated heterocycles. The van der Waals surface area contributed by atoms with Crippen molar-refractivity contribution in [1.29, 1.82) is 0 Å². The van der Waals surface area contributed by atoms with E-state index in [1.54, 1.807) is 0 Å². The summed E-state index contributed by atoms with van der Waals surface area (Å²) in [7, 11) is 0. The second-order valence-corrected chi connectivity index (χ2v) is 6.28. The number of primary amides is 1. The molecule has 1 amide bonds. The third-order valence-electron chi connectivity index (χ3n) is 3.19. The molecule has 1 rings (SSSR count). The predicted molar refractivity (Wildman–Crippen MR) is 81.2 cm³/mol. The Balaban J connectivity index is 3.02. The first-order chi connectivity index (χ1) is 9.70. The number of rotatable bonds is 7. The summed E-state index contributed by atoms with van der Waals surface area (Å²) < 4.78 is 27.3. The number of amides is 1. The lowest BCUT2D eigenvalue weighted by Crippen LogP contribution is -2.25. The Morgan fingerprint density at radius 1 is 1.10 bits per heavy atom. The molecule has 0 aliphatic carbocycles. The molecule has 3 nitrogen and oxygen atoms in total. The Kier molecular flexibility index (Phi) is 6.12. The fraction of sp³-hybridized carbons (Fsp3) is 0.562. The van der Waals surface area contributed by atoms with Crippen molar-refractivity contribution in [1.82, 2.24) is 0 Å². The summed E-state index contributed by atoms with van der Waals surface area (Å²) in [5.74, 6) is -1.66. The summed E-state index contributed by atoms with van der Waals surface area (Å²) in [6.45, 7) is 8.35. The highest BCUT2D eigenvalue weighted by molar-refractivity contribution is 5.94. The highest BCUT2D eigenvalue weighted by Crippen LogP contribution is 2.23. The van der Waals surface area contributed by atoms with Gasteiger partial charge in [-0.15, -0.1) is 0 Å². The Labute approximate surface area is 124 Å². The van der Waals surface area contributed by atoms with Gasteiger partial charge in [0.1, 0.15) is 11.6 Å². The van der Waals surface area contributed by atoms with E-state index in [2.05, 4.69) is 33.0 Å². The van der Waals surface area contributed by atoms with Gasteiger partial charge in [-0.05, 0) is 30.7 Å². The normalized spacial score (nSPS) is 11.5. The van der Waals surface area contributed by atoms with E-state index in [9.17, 15) is 13.6 Å². The molecule has 5 heteroatoms. The van der Waals surface area contributed by atoms with Crippen LogP contribution >= 0.6 is 0 Å². The van der Waals surface area contributed by atoms with E-state index in [1.165, 1.54) is 0 Å². The quantitative estimate of drug-likeness (QED) is 0.801. The number of hydrogen-bond acceptors (Lipinski definition) is 2. The zero-order chi connectivity index (χ0) is 16.2. The van der Waals surface area contributed by atoms with Gasteiger partial charge in [0.05, 0.1) is 11.3 Å². The highest BCUT2D eigenvalue weighted by atomic mass is 19.1. The van der Waals surface area contributed by atoms with Gasteiger partial charge in [-0.25, -0.2) is 8.78 Å². The van der Waals surface area contributed by atoms with E-state index in [4.69, 9.17) is 5.73 Å². The summed E-state index contributed by atoms with van der Waals surface area (Å²) in [5, 5.41) is 3.08. The van der Waals surface area contributed by atoms with Crippen LogP contribution in [0.2, 0.25) is 0 Å². The maximum absolute atomic E-state index is 13.9. The third-order valence-corrected chi connectivity index (χ3v) is 3.19. The van der Waals surface area contributed by atoms with Gasteiger partial charge in [0.25, 0.3) is 5.91 Å². The smallest absolute Gasteiger partial charge is 0.251 e. The van der Waals surface area contributed by atoms with E-state index in [-0.39, 0.29) is 17.3 Å². The van der Waals surface area contributed by atoms with Crippen LogP contribution < -0.4 is 11.1 Å². The second kappa shape index (κ2) is 7.38. The Bertz CT molecular complexity index is 491. The minimum Gasteiger partial charge on any atom is -0.380 e. The summed E-state index contributed by atoms with van der Waals surface area (Å²) >= 11 is 0. The average Bonchev–Trinajstić information content (AvgIpc) is 2.30. The molecule has 0 spiro atoms. The summed E-state index contributed by atoms with van der Waals surface area (Å²) in [4.78, 5) is 11.2. The molecule has 0 atom stereocenters. The number of carbonyl (C=O) groups is 1. The monoisotopic (exact) mass is 298 g/mol. The number of carbonyl (C=O) groups excluding carboxylic acids is 1. The molecular formula is C16H24F2N2O. The van der Waals surface area contributed by atoms with Gasteiger partial charge in [-0.1, -0.05) is 27.7 Å². The van der Waals surface area contributed by atoms with Gasteiger partial charge in [-0.3, -0.25) is 4.79 Å². The fourth-order valence-corrected chi connectivity index (χ4v) is 2.42. The van der Waals surface area contributed by atoms with Crippen LogP contribution in [0.5, 0.6) is 0 Å². The van der Waals surface area contributed by atoms with Crippen molar-refractivity contribution in [2.24, 2.45) is 17.6 Å². The predicted octanol–water partition coefficient (Wildman–Crippen LogP) is 3.94. The molecule has 3 N–H and O–H groups in total. The number of nitrogens with two attached hydrogens (primary N) is 1. The van der Waals surface area contributed by atoms with Crippen LogP contribution in [0.25, 0.3) is 0 Å². The van der Waals surface area contributed by atoms with E-state index in [1.807, 2.05) is 0 Å². The van der Waals surface area contributed by atoms with Crippen LogP contribution in [0.15, 0.2) is 12.1 Å². The zero-order valence-corrected chi connectivity index (χ0v) is 13.0. The van der Waals surface area contributed by atoms with Crippen LogP contribution in [-0.4, -0.2) is 11.9 Å². The van der Waals surface area contributed by atoms with Crippen molar-refractivity contribution in [3.63, 3.8) is 0 Å². The van der Waals surface area contributed by atoms with Crippen molar-refractivity contribution in [3.8, 4) is 0 Å². The molecule has 1 aromatic carbocycles. The van der Waals surface area contributed by atoms with Crippen molar-refractivity contribution in [2.75, 3.05) is 5.32 Å². The first-order valence-corrected chi connectivity index (χ1v) is 7.26. The van der Waals surface area contributed by atoms with Crippen LogP contribution in [0, 0.1) is 23.5 Å². The lowest BCUT2D eigenvalue weighted by molar-refractivity contribution is 0.0996. The fourth-order valence-electron chi connectivity index (χ4n) is 2.42. The van der Waals surface area contributed by atoms with E-state index in [0.29, 0.717) is 17.9 Å². The van der Waals surface area contributed by atoms with Gasteiger partial charge in [-0.2, -0.15) is 0 Å². The molecule has 0 radical (unpaired) electrons. The largest absolute Gasteiger partial charge is 0.380 e. The first-order valence-electron chi connectivity index (χ1n) is 7.26. The van der Waals surface area contributed by atoms with E-state index in [0.717, 1.165) is 18.9 Å². The number of benzene rings is 1. The van der Waals surface area contributed by atoms with Gasteiger partial charge >= 0.3 is 0 Å². The molecule has 1 aromatic rings. The molecule has 0 aliphatic heterocycles. The van der Waals surface area contributed by atoms with Gasteiger partial charge in [0.2, 0.25) is 0 Å². The minimum absolute atomic E-state index is 0.0608. The first kappa shape index (κ1) is 17.4. The number of halogens is 2. The number of hydrogen-bond donors (Lipinski definition) is 2. The molecule has 0 aromatic heterocycles. The Hall–Kier alpha value is -1.65. The molecule has 0 aliphatic rings. The van der Waals surface area contributed by atoms with Gasteiger partial charge < -0.3 is 11.1 Å². The molecule has 0 saturated carbocycles. The molecule has 0 fully saturated rings. The van der Waals surface area contributed by atoms with Crippen molar-refractivity contribution in [2.45, 2.75) is 46.6 Å². The van der Waals surface area contributed by atoms with Gasteiger partial charge in [0.15, 0.2) is 0 Å². The van der Waals surface area contributed by atoms with Crippen LogP contribution in [0.1, 0.15) is 50.9 Å². The Morgan fingerprint density at radius 2 is 1.62 bits per heavy atom. The zero-order valence-electron chi connectivity index (χ0n) is 13.0. The third kappa shape index (κ3) is 5.33. The molecule has 0 unspecified atom stereocenters. The lowest BCUT2D eigenvalue weighted by Gasteiger charge is -2.24. The topological polar surface area (TPSA) is 55.1 Å². The van der Waals surface area contributed by atoms with Crippen molar-refractivity contribution >= 4 is 11.6 Å². The van der Waals surface area contributed by atoms with Crippen LogP contribution in [0.4, 0.5) is 14.5 Å². The van der Waals surface area contributed by atoms with Crippen LogP contribution in [0.3, 0.4) is 0 Å². The SMILES string of the molecule is CC(C)CC(CC(C)C)Nc1cc(C(N)=O)c(F)cc1F. The maximum Gasteiger partial charge on any atom is 0.251 e. The van der Waals surface area contributed by atoms with Crippen molar-refractivity contribution in [3.05, 3.63) is 29.3 Å². The average molecular weight is 298 g/mol. The van der Waals surface area contributed by atoms with E-state index >= 15 is 0 Å². The lowest BCUT2D eigenvalue weighted by atomic mass is 9.95. The maximum atomic E-state index is 13.9.